The average Bonchev–Trinajstić information content (AvgIpc) is 2.28. The maximum absolute atomic E-state index is 8.45. The van der Waals surface area contributed by atoms with E-state index in [9.17, 15) is 0 Å². The van der Waals surface area contributed by atoms with Crippen LogP contribution >= 0.6 is 0 Å². The van der Waals surface area contributed by atoms with Crippen molar-refractivity contribution in [1.29, 1.82) is 0 Å². The Morgan fingerprint density at radius 2 is 2.20 bits per heavy atom. The molecule has 0 unspecified atom stereocenters. The van der Waals surface area contributed by atoms with Gasteiger partial charge in [0.15, 0.2) is 5.84 Å². The van der Waals surface area contributed by atoms with Gasteiger partial charge in [-0.15, -0.1) is 0 Å². The minimum absolute atomic E-state index is 0.297. The lowest BCUT2D eigenvalue weighted by molar-refractivity contribution is 0.142. The van der Waals surface area contributed by atoms with Crippen molar-refractivity contribution in [2.75, 3.05) is 33.4 Å². The highest BCUT2D eigenvalue weighted by Gasteiger charge is 2.19. The molecule has 0 atom stereocenters. The number of hydrogen-bond donors (Lipinski definition) is 2. The van der Waals surface area contributed by atoms with Crippen molar-refractivity contribution < 1.29 is 9.94 Å². The molecule has 0 saturated carbocycles. The molecule has 5 heteroatoms. The maximum atomic E-state index is 8.45. The van der Waals surface area contributed by atoms with Crippen LogP contribution in [-0.2, 0) is 4.74 Å². The monoisotopic (exact) mass is 215 g/mol. The van der Waals surface area contributed by atoms with Gasteiger partial charge < -0.3 is 15.7 Å². The van der Waals surface area contributed by atoms with E-state index in [1.165, 1.54) is 12.8 Å². The molecule has 1 saturated heterocycles. The van der Waals surface area contributed by atoms with Crippen molar-refractivity contribution in [2.24, 2.45) is 16.8 Å². The van der Waals surface area contributed by atoms with E-state index in [-0.39, 0.29) is 0 Å². The fraction of sp³-hybridized carbons (Fsp3) is 0.900. The van der Waals surface area contributed by atoms with Gasteiger partial charge in [0.05, 0.1) is 6.54 Å². The van der Waals surface area contributed by atoms with Gasteiger partial charge in [-0.1, -0.05) is 5.16 Å². The molecule has 1 aliphatic heterocycles. The van der Waals surface area contributed by atoms with E-state index in [1.807, 2.05) is 0 Å². The van der Waals surface area contributed by atoms with Gasteiger partial charge in [0, 0.05) is 13.7 Å². The van der Waals surface area contributed by atoms with E-state index in [0.717, 1.165) is 32.0 Å². The Hall–Kier alpha value is -0.810. The lowest BCUT2D eigenvalue weighted by Crippen LogP contribution is -2.39. The first-order valence-corrected chi connectivity index (χ1v) is 5.44. The Morgan fingerprint density at radius 1 is 1.53 bits per heavy atom. The molecule has 0 aromatic heterocycles. The van der Waals surface area contributed by atoms with Gasteiger partial charge in [-0.3, -0.25) is 4.90 Å². The standard InChI is InChI=1S/C10H21N3O2/c1-15-7-4-9-2-5-13(6-3-9)8-10(11)12-14/h9,14H,2-8H2,1H3,(H2,11,12). The third-order valence-electron chi connectivity index (χ3n) is 2.95. The average molecular weight is 215 g/mol. The lowest BCUT2D eigenvalue weighted by Gasteiger charge is -2.31. The second-order valence-corrected chi connectivity index (χ2v) is 4.09. The first-order chi connectivity index (χ1) is 7.26. The smallest absolute Gasteiger partial charge is 0.153 e. The Balaban J connectivity index is 2.18. The summed E-state index contributed by atoms with van der Waals surface area (Å²) in [7, 11) is 1.74. The Labute approximate surface area is 90.9 Å². The largest absolute Gasteiger partial charge is 0.409 e. The van der Waals surface area contributed by atoms with Gasteiger partial charge in [0.1, 0.15) is 0 Å². The van der Waals surface area contributed by atoms with Gasteiger partial charge >= 0.3 is 0 Å². The lowest BCUT2D eigenvalue weighted by atomic mass is 9.94. The van der Waals surface area contributed by atoms with Crippen LogP contribution in [0.2, 0.25) is 0 Å². The molecular formula is C10H21N3O2. The second kappa shape index (κ2) is 6.63. The summed E-state index contributed by atoms with van der Waals surface area (Å²) in [4.78, 5) is 2.22. The highest BCUT2D eigenvalue weighted by Crippen LogP contribution is 2.19. The number of ether oxygens (including phenoxy) is 1. The van der Waals surface area contributed by atoms with E-state index >= 15 is 0 Å². The van der Waals surface area contributed by atoms with Crippen molar-refractivity contribution in [3.05, 3.63) is 0 Å². The molecule has 5 nitrogen and oxygen atoms in total. The van der Waals surface area contributed by atoms with Crippen molar-refractivity contribution in [2.45, 2.75) is 19.3 Å². The molecule has 0 radical (unpaired) electrons. The maximum Gasteiger partial charge on any atom is 0.153 e. The van der Waals surface area contributed by atoms with Crippen molar-refractivity contribution in [3.63, 3.8) is 0 Å². The number of nitrogens with two attached hydrogens (primary N) is 1. The molecule has 0 amide bonds. The molecule has 0 aromatic carbocycles. The summed E-state index contributed by atoms with van der Waals surface area (Å²) in [5, 5.41) is 11.4. The van der Waals surface area contributed by atoms with Crippen LogP contribution in [-0.4, -0.2) is 49.3 Å². The van der Waals surface area contributed by atoms with E-state index in [2.05, 4.69) is 10.1 Å². The van der Waals surface area contributed by atoms with Gasteiger partial charge in [0.25, 0.3) is 0 Å². The fourth-order valence-electron chi connectivity index (χ4n) is 1.98. The molecule has 0 aromatic rings. The Kier molecular flexibility index (Phi) is 5.42. The molecular weight excluding hydrogens is 194 g/mol. The number of rotatable bonds is 5. The van der Waals surface area contributed by atoms with Crippen LogP contribution in [0.1, 0.15) is 19.3 Å². The molecule has 1 fully saturated rings. The van der Waals surface area contributed by atoms with Gasteiger partial charge in [0.2, 0.25) is 0 Å². The summed E-state index contributed by atoms with van der Waals surface area (Å²) < 4.78 is 5.07. The number of piperidine rings is 1. The van der Waals surface area contributed by atoms with Crippen LogP contribution in [0, 0.1) is 5.92 Å². The summed E-state index contributed by atoms with van der Waals surface area (Å²) in [5.74, 6) is 1.07. The first kappa shape index (κ1) is 12.3. The van der Waals surface area contributed by atoms with Crippen LogP contribution in [0.15, 0.2) is 5.16 Å². The first-order valence-electron chi connectivity index (χ1n) is 5.44. The van der Waals surface area contributed by atoms with Gasteiger partial charge in [-0.05, 0) is 38.3 Å². The molecule has 88 valence electrons. The number of oxime groups is 1. The van der Waals surface area contributed by atoms with Crippen LogP contribution in [0.25, 0.3) is 0 Å². The molecule has 0 aliphatic carbocycles. The highest BCUT2D eigenvalue weighted by atomic mass is 16.5. The third kappa shape index (κ3) is 4.48. The summed E-state index contributed by atoms with van der Waals surface area (Å²) >= 11 is 0. The molecule has 0 bridgehead atoms. The van der Waals surface area contributed by atoms with Crippen molar-refractivity contribution >= 4 is 5.84 Å². The minimum atomic E-state index is 0.297. The van der Waals surface area contributed by atoms with E-state index in [4.69, 9.17) is 15.7 Å². The number of methoxy groups -OCH3 is 1. The summed E-state index contributed by atoms with van der Waals surface area (Å²) in [6.45, 7) is 3.49. The predicted molar refractivity (Wildman–Crippen MR) is 59.1 cm³/mol. The normalized spacial score (nSPS) is 20.7. The number of likely N-dealkylation sites (tertiary alicyclic amines) is 1. The molecule has 1 heterocycles. The number of amidine groups is 1. The summed E-state index contributed by atoms with van der Waals surface area (Å²) in [5.41, 5.74) is 5.46. The number of nitrogens with zero attached hydrogens (tertiary/aromatic N) is 2. The number of hydrogen-bond acceptors (Lipinski definition) is 4. The summed E-state index contributed by atoms with van der Waals surface area (Å²) in [6.07, 6.45) is 3.51. The van der Waals surface area contributed by atoms with Gasteiger partial charge in [-0.2, -0.15) is 0 Å². The second-order valence-electron chi connectivity index (χ2n) is 4.09. The predicted octanol–water partition coefficient (Wildman–Crippen LogP) is 0.481. The topological polar surface area (TPSA) is 71.1 Å². The van der Waals surface area contributed by atoms with Crippen LogP contribution in [0.3, 0.4) is 0 Å². The van der Waals surface area contributed by atoms with Crippen molar-refractivity contribution in [1.82, 2.24) is 4.90 Å². The van der Waals surface area contributed by atoms with Crippen molar-refractivity contribution in [3.8, 4) is 0 Å². The van der Waals surface area contributed by atoms with E-state index < -0.39 is 0 Å². The molecule has 1 aliphatic rings. The molecule has 0 spiro atoms. The minimum Gasteiger partial charge on any atom is -0.409 e. The summed E-state index contributed by atoms with van der Waals surface area (Å²) in [6, 6.07) is 0. The Bertz CT molecular complexity index is 201. The van der Waals surface area contributed by atoms with E-state index in [1.54, 1.807) is 7.11 Å². The fourth-order valence-corrected chi connectivity index (χ4v) is 1.98. The van der Waals surface area contributed by atoms with Gasteiger partial charge in [-0.25, -0.2) is 0 Å². The zero-order chi connectivity index (χ0) is 11.1. The Morgan fingerprint density at radius 3 is 2.73 bits per heavy atom. The molecule has 3 N–H and O–H groups in total. The SMILES string of the molecule is COCCC1CCN(CC(N)=NO)CC1. The van der Waals surface area contributed by atoms with E-state index in [0.29, 0.717) is 12.4 Å². The quantitative estimate of drug-likeness (QED) is 0.303. The highest BCUT2D eigenvalue weighted by molar-refractivity contribution is 5.81. The zero-order valence-electron chi connectivity index (χ0n) is 9.35. The van der Waals surface area contributed by atoms with Crippen LogP contribution in [0.4, 0.5) is 0 Å². The van der Waals surface area contributed by atoms with Crippen LogP contribution < -0.4 is 5.73 Å². The molecule has 1 rings (SSSR count). The molecule has 15 heavy (non-hydrogen) atoms. The van der Waals surface area contributed by atoms with Crippen LogP contribution in [0.5, 0.6) is 0 Å². The zero-order valence-corrected chi connectivity index (χ0v) is 9.35. The third-order valence-corrected chi connectivity index (χ3v) is 2.95.